The van der Waals surface area contributed by atoms with E-state index in [9.17, 15) is 105 Å². The SMILES string of the molecule is CCCCCCSSCCCCCCOP(=O)(O)OCCOP(=O)(O)OCC(CCCCNC(=O)c1cccc(-c2c3ccc(=O)cc-3oc3cc(O)ccc23)c1)COP(=O)(O)OCCCOP(=O)(O)OCCOP(=O)(O)OCCCOP(=O)(O)OCC(CCCCNC(=O)c1cccc(-c2c3ccc(=O)cc-3oc3cc(O)ccc23)c1)COP(=O)(O)OCCCOP(=O)(O)C(C)C. The summed E-state index contributed by atoms with van der Waals surface area (Å²) in [6.45, 7) is -3.53. The van der Waals surface area contributed by atoms with Gasteiger partial charge in [0.05, 0.1) is 105 Å². The number of hydrogen-bond donors (Lipinski definition) is 12. The van der Waals surface area contributed by atoms with Gasteiger partial charge in [0.2, 0.25) is 0 Å². The van der Waals surface area contributed by atoms with E-state index in [1.54, 1.807) is 72.8 Å². The Kier molecular flexibility index (Phi) is 47.5. The van der Waals surface area contributed by atoms with Gasteiger partial charge >= 0.3 is 62.4 Å². The van der Waals surface area contributed by atoms with Crippen LogP contribution in [-0.4, -0.2) is 191 Å². The molecule has 0 spiro atoms. The van der Waals surface area contributed by atoms with Crippen LogP contribution >= 0.6 is 83.9 Å². The highest BCUT2D eigenvalue weighted by atomic mass is 33.1. The molecule has 4 aromatic rings. The quantitative estimate of drug-likeness (QED) is 0.00729. The summed E-state index contributed by atoms with van der Waals surface area (Å²) in [7, 11) is -34.4. The summed E-state index contributed by atoms with van der Waals surface area (Å²) in [5, 5.41) is 27.3. The van der Waals surface area contributed by atoms with E-state index >= 15 is 0 Å². The number of amides is 2. The van der Waals surface area contributed by atoms with Gasteiger partial charge in [-0.2, -0.15) is 0 Å². The van der Waals surface area contributed by atoms with E-state index in [4.69, 9.17) is 76.7 Å². The number of nitrogens with one attached hydrogen (secondary N) is 2. The summed E-state index contributed by atoms with van der Waals surface area (Å²) in [5.74, 6) is -0.296. The second-order valence-corrected chi connectivity index (χ2v) is 45.8. The lowest BCUT2D eigenvalue weighted by molar-refractivity contribution is 0.0750. The number of benzene rings is 6. The van der Waals surface area contributed by atoms with Crippen molar-refractivity contribution in [2.24, 2.45) is 11.8 Å². The third-order valence-corrected chi connectivity index (χ3v) is 30.9. The summed E-state index contributed by atoms with van der Waals surface area (Å²) in [5.41, 5.74) is 3.45. The van der Waals surface area contributed by atoms with Gasteiger partial charge in [0, 0.05) is 105 Å². The fraction of sp³-hybridized carbons (Fsp3) is 0.512. The van der Waals surface area contributed by atoms with Gasteiger partial charge in [0.25, 0.3) is 11.8 Å². The normalized spacial score (nSPS) is 16.2. The average Bonchev–Trinajstić information content (AvgIpc) is 0.758. The van der Waals surface area contributed by atoms with Crippen molar-refractivity contribution in [1.82, 2.24) is 10.6 Å². The molecule has 8 rings (SSSR count). The van der Waals surface area contributed by atoms with Crippen molar-refractivity contribution in [3.63, 3.8) is 0 Å². The zero-order valence-electron chi connectivity index (χ0n) is 73.4. The summed E-state index contributed by atoms with van der Waals surface area (Å²) < 4.78 is 189. The lowest BCUT2D eigenvalue weighted by Crippen LogP contribution is -2.24. The third kappa shape index (κ3) is 41.8. The second-order valence-electron chi connectivity index (χ2n) is 30.5. The van der Waals surface area contributed by atoms with Crippen molar-refractivity contribution < 1.29 is 172 Å². The molecule has 0 aromatic heterocycles. The average molecular weight is 2070 g/mol. The summed E-state index contributed by atoms with van der Waals surface area (Å²) in [6.07, 6.45) is 8.52. The van der Waals surface area contributed by atoms with Crippen LogP contribution in [0.1, 0.15) is 151 Å². The summed E-state index contributed by atoms with van der Waals surface area (Å²) >= 11 is 0. The Morgan fingerprint density at radius 3 is 1.05 bits per heavy atom. The Morgan fingerprint density at radius 2 is 0.692 bits per heavy atom. The molecule has 0 saturated heterocycles. The van der Waals surface area contributed by atoms with Crippen LogP contribution in [-0.2, 0) is 104 Å². The van der Waals surface area contributed by atoms with E-state index in [1.807, 2.05) is 21.6 Å². The first-order valence-electron chi connectivity index (χ1n) is 42.8. The number of phosphoric acid groups is 7. The Labute approximate surface area is 776 Å². The number of fused-ring (bicyclic) bond motifs is 4. The van der Waals surface area contributed by atoms with Crippen molar-refractivity contribution >= 4 is 118 Å². The van der Waals surface area contributed by atoms with Gasteiger partial charge in [-0.25, -0.2) is 32.0 Å². The minimum Gasteiger partial charge on any atom is -0.508 e. The van der Waals surface area contributed by atoms with Crippen molar-refractivity contribution in [3.05, 3.63) is 153 Å². The van der Waals surface area contributed by atoms with Gasteiger partial charge in [0.1, 0.15) is 34.2 Å². The van der Waals surface area contributed by atoms with Gasteiger partial charge in [-0.1, -0.05) is 112 Å². The number of carbonyl (C=O) groups excluding carboxylic acids is 2. The van der Waals surface area contributed by atoms with Gasteiger partial charge in [-0.15, -0.1) is 0 Å². The van der Waals surface area contributed by atoms with Crippen LogP contribution < -0.4 is 21.5 Å². The van der Waals surface area contributed by atoms with Crippen molar-refractivity contribution in [2.45, 2.75) is 136 Å². The second kappa shape index (κ2) is 56.0. The molecule has 133 heavy (non-hydrogen) atoms. The maximum absolute atomic E-state index is 13.6. The lowest BCUT2D eigenvalue weighted by Gasteiger charge is -2.21. The fourth-order valence-electron chi connectivity index (χ4n) is 12.7. The lowest BCUT2D eigenvalue weighted by atomic mass is 9.92. The minimum atomic E-state index is -4.98. The fourth-order valence-corrected chi connectivity index (χ4v) is 21.2. The molecule has 2 amide bonds. The third-order valence-electron chi connectivity index (χ3n) is 19.5. The summed E-state index contributed by atoms with van der Waals surface area (Å²) in [4.78, 5) is 135. The first-order chi connectivity index (χ1) is 63.1. The number of hydrogen-bond acceptors (Lipinski definition) is 33. The Balaban J connectivity index is 0.738. The maximum Gasteiger partial charge on any atom is 0.472 e. The zero-order chi connectivity index (χ0) is 96.7. The number of phosphoric ester groups is 7. The number of unbranched alkanes of at least 4 members (excludes halogenated alkanes) is 8. The van der Waals surface area contributed by atoms with E-state index in [2.05, 4.69) is 17.6 Å². The highest BCUT2D eigenvalue weighted by molar-refractivity contribution is 8.76. The molecule has 0 fully saturated rings. The molecular weight excluding hydrogens is 1950 g/mol. The van der Waals surface area contributed by atoms with Crippen molar-refractivity contribution in [1.29, 1.82) is 0 Å². The topological polar surface area (TPSA) is 596 Å². The molecule has 10 unspecified atom stereocenters. The molecule has 0 bridgehead atoms. The van der Waals surface area contributed by atoms with Gasteiger partial charge in [0.15, 0.2) is 10.9 Å². The van der Waals surface area contributed by atoms with E-state index in [0.29, 0.717) is 68.2 Å². The van der Waals surface area contributed by atoms with Gasteiger partial charge < -0.3 is 73.4 Å². The van der Waals surface area contributed by atoms with E-state index in [-0.39, 0.29) is 123 Å². The largest absolute Gasteiger partial charge is 0.508 e. The zero-order valence-corrected chi connectivity index (χ0v) is 82.2. The molecule has 2 heterocycles. The van der Waals surface area contributed by atoms with Crippen molar-refractivity contribution in [3.8, 4) is 56.4 Å². The number of phenolic OH excluding ortho intramolecular Hbond substituents is 2. The van der Waals surface area contributed by atoms with E-state index < -0.39 is 178 Å². The molecule has 4 aliphatic rings. The van der Waals surface area contributed by atoms with Crippen LogP contribution in [0.25, 0.3) is 66.8 Å². The highest BCUT2D eigenvalue weighted by Crippen LogP contribution is 2.53. The number of carbonyl (C=O) groups is 2. The molecule has 10 atom stereocenters. The van der Waals surface area contributed by atoms with E-state index in [1.165, 1.54) is 88.1 Å². The van der Waals surface area contributed by atoms with Crippen LogP contribution in [0.3, 0.4) is 0 Å². The molecule has 740 valence electrons. The standard InChI is InChI=1S/C82H116N2O39P8S2/c1-4-5-6-14-48-132-133-49-15-8-7-13-37-108-125(93,94)114-46-47-117-131(105,106)121-59-62(22-10-12-36-84-82(90)66-26-17-24-64(51-66)80-73-33-29-69(87)54-77(73)123-78-55-70(88)30-34-74(78)80)58-120-130(103,104)113-43-20-41-110-127(97,98)116-45-44-115-126(95,96)109-40-19-42-112-129(101,102)119-57-61(56-118-128(99,100)111-39-18-38-107-124(91,92)60(2)3)21-9-11-35-83-81(89)65-25-16-23-63(50-65)79-71-31-27-67(85)52-75(71)122-76-53-68(86)28-32-72(76)79/h16-17,23-34,50-55,60-62,85,87H,4-15,18-22,35-49,56-59H2,1-3H3,(H,83,89)(H,84,90)(H,91,92)(H,93,94)(H,95,96)(H,97,98)(H,99,100)(H,101,102)(H,103,104)(H,105,106). The predicted octanol–water partition coefficient (Wildman–Crippen LogP) is 17.8. The monoisotopic (exact) mass is 2060 g/mol. The Morgan fingerprint density at radius 1 is 0.361 bits per heavy atom. The van der Waals surface area contributed by atoms with Crippen LogP contribution in [0.2, 0.25) is 0 Å². The van der Waals surface area contributed by atoms with Crippen LogP contribution in [0, 0.1) is 11.8 Å². The first kappa shape index (κ1) is 113. The number of phenols is 2. The van der Waals surface area contributed by atoms with Crippen LogP contribution in [0.5, 0.6) is 11.5 Å². The molecule has 51 heteroatoms. The highest BCUT2D eigenvalue weighted by Gasteiger charge is 2.33. The first-order valence-corrected chi connectivity index (χ1v) is 57.4. The number of rotatable bonds is 69. The molecule has 2 aliphatic carbocycles. The molecule has 12 N–H and O–H groups in total. The van der Waals surface area contributed by atoms with Crippen LogP contribution in [0.4, 0.5) is 0 Å². The molecule has 4 aromatic carbocycles. The minimum absolute atomic E-state index is 0.0669. The number of aromatic hydroxyl groups is 2. The molecule has 0 radical (unpaired) electrons. The smallest absolute Gasteiger partial charge is 0.472 e. The molecule has 41 nitrogen and oxygen atoms in total. The Bertz CT molecular complexity index is 5500. The van der Waals surface area contributed by atoms with Crippen LogP contribution in [0.15, 0.2) is 140 Å². The van der Waals surface area contributed by atoms with Crippen molar-refractivity contribution in [2.75, 3.05) is 124 Å². The van der Waals surface area contributed by atoms with E-state index in [0.717, 1.165) is 30.8 Å². The van der Waals surface area contributed by atoms with Gasteiger partial charge in [-0.3, -0.25) is 87.1 Å². The van der Waals surface area contributed by atoms with Gasteiger partial charge in [-0.05, 0) is 148 Å². The molecule has 2 aliphatic heterocycles. The molecular formula is C82H116N2O39P8S2. The Hall–Kier alpha value is -5.58. The predicted molar refractivity (Wildman–Crippen MR) is 496 cm³/mol. The summed E-state index contributed by atoms with van der Waals surface area (Å²) in [6, 6.07) is 31.1. The molecule has 0 saturated carbocycles. The maximum atomic E-state index is 13.6.